The van der Waals surface area contributed by atoms with E-state index in [-0.39, 0.29) is 5.41 Å². The van der Waals surface area contributed by atoms with E-state index in [1.165, 1.54) is 0 Å². The fourth-order valence-electron chi connectivity index (χ4n) is 3.07. The second-order valence-corrected chi connectivity index (χ2v) is 7.37. The minimum absolute atomic E-state index is 0.178. The number of hydrogen-bond donors (Lipinski definition) is 2. The second kappa shape index (κ2) is 5.86. The SMILES string of the molecule is CCCNS(=O)(=O)N1CCCC2(CCCNC2)C1. The van der Waals surface area contributed by atoms with Gasteiger partial charge in [0, 0.05) is 26.2 Å². The highest BCUT2D eigenvalue weighted by molar-refractivity contribution is 7.87. The van der Waals surface area contributed by atoms with Crippen molar-refractivity contribution in [3.8, 4) is 0 Å². The quantitative estimate of drug-likeness (QED) is 0.794. The van der Waals surface area contributed by atoms with Crippen molar-refractivity contribution in [3.05, 3.63) is 0 Å². The molecule has 5 nitrogen and oxygen atoms in total. The molecule has 18 heavy (non-hydrogen) atoms. The first-order valence-corrected chi connectivity index (χ1v) is 8.47. The Labute approximate surface area is 110 Å². The van der Waals surface area contributed by atoms with Gasteiger partial charge in [0.25, 0.3) is 10.2 Å². The summed E-state index contributed by atoms with van der Waals surface area (Å²) in [6, 6.07) is 0. The number of rotatable bonds is 4. The van der Waals surface area contributed by atoms with Gasteiger partial charge in [-0.15, -0.1) is 0 Å². The standard InChI is InChI=1S/C12H25N3O2S/c1-2-7-14-18(16,17)15-9-4-6-12(11-15)5-3-8-13-10-12/h13-14H,2-11H2,1H3. The summed E-state index contributed by atoms with van der Waals surface area (Å²) in [5.41, 5.74) is 0.178. The first-order chi connectivity index (χ1) is 8.58. The topological polar surface area (TPSA) is 61.4 Å². The van der Waals surface area contributed by atoms with Crippen LogP contribution in [0.3, 0.4) is 0 Å². The maximum atomic E-state index is 12.2. The number of nitrogens with one attached hydrogen (secondary N) is 2. The molecule has 106 valence electrons. The summed E-state index contributed by atoms with van der Waals surface area (Å²) in [5.74, 6) is 0. The molecule has 0 amide bonds. The molecule has 1 atom stereocenters. The fraction of sp³-hybridized carbons (Fsp3) is 1.00. The largest absolute Gasteiger partial charge is 0.316 e. The van der Waals surface area contributed by atoms with E-state index < -0.39 is 10.2 Å². The van der Waals surface area contributed by atoms with E-state index in [1.807, 2.05) is 6.92 Å². The Balaban J connectivity index is 2.01. The van der Waals surface area contributed by atoms with Crippen LogP contribution in [-0.4, -0.2) is 45.4 Å². The van der Waals surface area contributed by atoms with Gasteiger partial charge in [-0.2, -0.15) is 12.7 Å². The molecular formula is C12H25N3O2S. The van der Waals surface area contributed by atoms with Crippen molar-refractivity contribution in [1.82, 2.24) is 14.3 Å². The zero-order valence-corrected chi connectivity index (χ0v) is 12.1. The van der Waals surface area contributed by atoms with Crippen molar-refractivity contribution in [2.75, 3.05) is 32.7 Å². The lowest BCUT2D eigenvalue weighted by molar-refractivity contribution is 0.109. The van der Waals surface area contributed by atoms with E-state index in [0.29, 0.717) is 19.6 Å². The highest BCUT2D eigenvalue weighted by atomic mass is 32.2. The van der Waals surface area contributed by atoms with Gasteiger partial charge in [-0.3, -0.25) is 0 Å². The highest BCUT2D eigenvalue weighted by Gasteiger charge is 2.40. The van der Waals surface area contributed by atoms with Gasteiger partial charge >= 0.3 is 0 Å². The zero-order chi connectivity index (χ0) is 13.1. The third-order valence-electron chi connectivity index (χ3n) is 4.06. The normalized spacial score (nSPS) is 30.7. The van der Waals surface area contributed by atoms with Gasteiger partial charge < -0.3 is 5.32 Å². The molecule has 2 aliphatic rings. The maximum Gasteiger partial charge on any atom is 0.279 e. The average Bonchev–Trinajstić information content (AvgIpc) is 2.37. The summed E-state index contributed by atoms with van der Waals surface area (Å²) >= 11 is 0. The minimum atomic E-state index is -3.27. The molecule has 1 unspecified atom stereocenters. The first kappa shape index (κ1) is 14.2. The van der Waals surface area contributed by atoms with Crippen molar-refractivity contribution in [2.45, 2.75) is 39.0 Å². The second-order valence-electron chi connectivity index (χ2n) is 5.62. The Kier molecular flexibility index (Phi) is 4.64. The molecule has 2 N–H and O–H groups in total. The molecule has 0 aromatic rings. The predicted molar refractivity (Wildman–Crippen MR) is 72.6 cm³/mol. The number of nitrogens with zero attached hydrogens (tertiary/aromatic N) is 1. The molecule has 0 radical (unpaired) electrons. The van der Waals surface area contributed by atoms with Gasteiger partial charge in [-0.25, -0.2) is 4.72 Å². The molecule has 0 aromatic carbocycles. The van der Waals surface area contributed by atoms with Gasteiger partial charge in [0.2, 0.25) is 0 Å². The third kappa shape index (κ3) is 3.23. The molecule has 0 aromatic heterocycles. The highest BCUT2D eigenvalue weighted by Crippen LogP contribution is 2.36. The van der Waals surface area contributed by atoms with Crippen molar-refractivity contribution in [1.29, 1.82) is 0 Å². The Morgan fingerprint density at radius 2 is 2.11 bits per heavy atom. The molecule has 0 aliphatic carbocycles. The predicted octanol–water partition coefficient (Wildman–Crippen LogP) is 0.696. The van der Waals surface area contributed by atoms with Crippen LogP contribution in [-0.2, 0) is 10.2 Å². The smallest absolute Gasteiger partial charge is 0.279 e. The van der Waals surface area contributed by atoms with Gasteiger partial charge in [0.05, 0.1) is 0 Å². The van der Waals surface area contributed by atoms with Crippen LogP contribution >= 0.6 is 0 Å². The van der Waals surface area contributed by atoms with Gasteiger partial charge in [-0.05, 0) is 44.1 Å². The molecule has 0 bridgehead atoms. The van der Waals surface area contributed by atoms with Crippen LogP contribution in [0, 0.1) is 5.41 Å². The summed E-state index contributed by atoms with van der Waals surface area (Å²) in [4.78, 5) is 0. The van der Waals surface area contributed by atoms with Gasteiger partial charge in [0.1, 0.15) is 0 Å². The molecule has 1 spiro atoms. The van der Waals surface area contributed by atoms with Crippen molar-refractivity contribution in [3.63, 3.8) is 0 Å². The Bertz CT molecular complexity index is 358. The Hall–Kier alpha value is -0.170. The molecule has 2 saturated heterocycles. The van der Waals surface area contributed by atoms with E-state index in [0.717, 1.165) is 45.2 Å². The van der Waals surface area contributed by atoms with E-state index in [2.05, 4.69) is 10.0 Å². The van der Waals surface area contributed by atoms with Crippen LogP contribution in [0.5, 0.6) is 0 Å². The lowest BCUT2D eigenvalue weighted by atomic mass is 9.75. The summed E-state index contributed by atoms with van der Waals surface area (Å²) in [7, 11) is -3.27. The first-order valence-electron chi connectivity index (χ1n) is 7.03. The lowest BCUT2D eigenvalue weighted by Crippen LogP contribution is -2.54. The van der Waals surface area contributed by atoms with Crippen molar-refractivity contribution in [2.24, 2.45) is 5.41 Å². The monoisotopic (exact) mass is 275 g/mol. The number of hydrogen-bond acceptors (Lipinski definition) is 3. The van der Waals surface area contributed by atoms with Crippen LogP contribution < -0.4 is 10.0 Å². The summed E-state index contributed by atoms with van der Waals surface area (Å²) < 4.78 is 28.7. The van der Waals surface area contributed by atoms with Crippen molar-refractivity contribution >= 4 is 10.2 Å². The van der Waals surface area contributed by atoms with Gasteiger partial charge in [0.15, 0.2) is 0 Å². The Morgan fingerprint density at radius 3 is 2.78 bits per heavy atom. The zero-order valence-electron chi connectivity index (χ0n) is 11.2. The molecule has 2 rings (SSSR count). The van der Waals surface area contributed by atoms with Gasteiger partial charge in [-0.1, -0.05) is 6.92 Å². The molecule has 2 fully saturated rings. The molecule has 6 heteroatoms. The van der Waals surface area contributed by atoms with Crippen molar-refractivity contribution < 1.29 is 8.42 Å². The van der Waals surface area contributed by atoms with Crippen LogP contribution in [0.25, 0.3) is 0 Å². The minimum Gasteiger partial charge on any atom is -0.316 e. The summed E-state index contributed by atoms with van der Waals surface area (Å²) in [6.07, 6.45) is 5.28. The fourth-order valence-corrected chi connectivity index (χ4v) is 4.53. The molecular weight excluding hydrogens is 250 g/mol. The van der Waals surface area contributed by atoms with E-state index in [9.17, 15) is 8.42 Å². The van der Waals surface area contributed by atoms with E-state index >= 15 is 0 Å². The lowest BCUT2D eigenvalue weighted by Gasteiger charge is -2.44. The van der Waals surface area contributed by atoms with E-state index in [1.54, 1.807) is 4.31 Å². The van der Waals surface area contributed by atoms with E-state index in [4.69, 9.17) is 0 Å². The average molecular weight is 275 g/mol. The summed E-state index contributed by atoms with van der Waals surface area (Å²) in [6.45, 7) is 5.89. The molecule has 2 aliphatic heterocycles. The van der Waals surface area contributed by atoms with Crippen LogP contribution in [0.1, 0.15) is 39.0 Å². The number of piperidine rings is 2. The maximum absolute atomic E-state index is 12.2. The van der Waals surface area contributed by atoms with Crippen LogP contribution in [0.15, 0.2) is 0 Å². The summed E-state index contributed by atoms with van der Waals surface area (Å²) in [5, 5.41) is 3.42. The van der Waals surface area contributed by atoms with Crippen LogP contribution in [0.2, 0.25) is 0 Å². The third-order valence-corrected chi connectivity index (χ3v) is 5.62. The van der Waals surface area contributed by atoms with Crippen LogP contribution in [0.4, 0.5) is 0 Å². The Morgan fingerprint density at radius 1 is 1.33 bits per heavy atom. The molecule has 2 heterocycles. The molecule has 0 saturated carbocycles.